The SMILES string of the molecule is C/C=C(\NCc1ccc(Cl)c(Cl)c1)NC(=O)C(=NC1CCN(CC2CCCNC2)CC1)C(C)=CN. The monoisotopic (exact) mass is 520 g/mol. The van der Waals surface area contributed by atoms with E-state index in [2.05, 4.69) is 20.9 Å². The Morgan fingerprint density at radius 1 is 1.26 bits per heavy atom. The molecule has 0 saturated carbocycles. The number of aliphatic imine (C=N–C) groups is 1. The van der Waals surface area contributed by atoms with Crippen molar-refractivity contribution in [2.24, 2.45) is 16.6 Å². The van der Waals surface area contributed by atoms with E-state index in [0.29, 0.717) is 33.7 Å². The number of nitrogens with one attached hydrogen (secondary N) is 3. The third-order valence-corrected chi connectivity index (χ3v) is 7.37. The molecule has 192 valence electrons. The van der Waals surface area contributed by atoms with E-state index in [1.54, 1.807) is 12.1 Å². The molecule has 1 amide bonds. The number of carbonyl (C=O) groups is 1. The van der Waals surface area contributed by atoms with Crippen molar-refractivity contribution in [3.63, 3.8) is 0 Å². The molecule has 0 bridgehead atoms. The van der Waals surface area contributed by atoms with Crippen LogP contribution in [0.25, 0.3) is 0 Å². The van der Waals surface area contributed by atoms with Crippen LogP contribution in [0.5, 0.6) is 0 Å². The second kappa shape index (κ2) is 13.9. The second-order valence-electron chi connectivity index (χ2n) is 9.33. The quantitative estimate of drug-likeness (QED) is 0.371. The summed E-state index contributed by atoms with van der Waals surface area (Å²) >= 11 is 12.1. The van der Waals surface area contributed by atoms with Crippen molar-refractivity contribution in [2.45, 2.75) is 52.1 Å². The number of amides is 1. The molecule has 0 aliphatic carbocycles. The molecule has 1 aromatic rings. The predicted molar refractivity (Wildman–Crippen MR) is 146 cm³/mol. The Morgan fingerprint density at radius 2 is 2.03 bits per heavy atom. The number of piperidine rings is 2. The van der Waals surface area contributed by atoms with Crippen molar-refractivity contribution in [2.75, 3.05) is 32.7 Å². The van der Waals surface area contributed by atoms with Crippen molar-refractivity contribution in [3.8, 4) is 0 Å². The van der Waals surface area contributed by atoms with Crippen LogP contribution in [0.3, 0.4) is 0 Å². The molecule has 0 aromatic heterocycles. The van der Waals surface area contributed by atoms with Gasteiger partial charge in [0.15, 0.2) is 0 Å². The second-order valence-corrected chi connectivity index (χ2v) is 10.1. The van der Waals surface area contributed by atoms with Crippen LogP contribution in [0, 0.1) is 5.92 Å². The summed E-state index contributed by atoms with van der Waals surface area (Å²) in [5.74, 6) is 1.06. The Balaban J connectivity index is 1.56. The smallest absolute Gasteiger partial charge is 0.275 e. The van der Waals surface area contributed by atoms with Crippen LogP contribution in [0.1, 0.15) is 45.1 Å². The number of benzene rings is 1. The maximum atomic E-state index is 13.1. The molecule has 2 saturated heterocycles. The van der Waals surface area contributed by atoms with Crippen LogP contribution in [0.2, 0.25) is 10.0 Å². The molecule has 9 heteroatoms. The molecule has 2 fully saturated rings. The number of rotatable bonds is 9. The number of allylic oxidation sites excluding steroid dienone is 1. The first-order valence-corrected chi connectivity index (χ1v) is 13.2. The van der Waals surface area contributed by atoms with Gasteiger partial charge >= 0.3 is 0 Å². The van der Waals surface area contributed by atoms with E-state index in [9.17, 15) is 4.79 Å². The molecule has 0 spiro atoms. The summed E-state index contributed by atoms with van der Waals surface area (Å²) in [5.41, 5.74) is 7.78. The van der Waals surface area contributed by atoms with Gasteiger partial charge in [0.25, 0.3) is 5.91 Å². The minimum atomic E-state index is -0.269. The van der Waals surface area contributed by atoms with E-state index in [0.717, 1.165) is 57.0 Å². The highest BCUT2D eigenvalue weighted by Gasteiger charge is 2.24. The molecule has 2 aliphatic heterocycles. The minimum Gasteiger partial charge on any atom is -0.404 e. The third-order valence-electron chi connectivity index (χ3n) is 6.63. The largest absolute Gasteiger partial charge is 0.404 e. The third kappa shape index (κ3) is 8.53. The van der Waals surface area contributed by atoms with E-state index in [4.69, 9.17) is 33.9 Å². The summed E-state index contributed by atoms with van der Waals surface area (Å²) < 4.78 is 0. The fraction of sp³-hybridized carbons (Fsp3) is 0.538. The highest BCUT2D eigenvalue weighted by Crippen LogP contribution is 2.22. The average Bonchev–Trinajstić information content (AvgIpc) is 2.88. The number of carbonyl (C=O) groups excluding carboxylic acids is 1. The highest BCUT2D eigenvalue weighted by atomic mass is 35.5. The molecule has 1 unspecified atom stereocenters. The molecular weight excluding hydrogens is 483 g/mol. The number of hydrogen-bond donors (Lipinski definition) is 4. The first-order valence-electron chi connectivity index (χ1n) is 12.4. The van der Waals surface area contributed by atoms with E-state index < -0.39 is 0 Å². The van der Waals surface area contributed by atoms with Gasteiger partial charge in [0.05, 0.1) is 16.1 Å². The maximum Gasteiger partial charge on any atom is 0.275 e. The van der Waals surface area contributed by atoms with Crippen molar-refractivity contribution in [1.29, 1.82) is 0 Å². The van der Waals surface area contributed by atoms with E-state index in [1.165, 1.54) is 19.0 Å². The van der Waals surface area contributed by atoms with Crippen LogP contribution < -0.4 is 21.7 Å². The van der Waals surface area contributed by atoms with E-state index in [-0.39, 0.29) is 11.9 Å². The number of nitrogens with two attached hydrogens (primary N) is 1. The topological polar surface area (TPSA) is 94.8 Å². The molecule has 2 aliphatic rings. The first-order chi connectivity index (χ1) is 16.9. The molecule has 35 heavy (non-hydrogen) atoms. The van der Waals surface area contributed by atoms with Crippen molar-refractivity contribution in [1.82, 2.24) is 20.9 Å². The fourth-order valence-electron chi connectivity index (χ4n) is 4.52. The van der Waals surface area contributed by atoms with Gasteiger partial charge in [0, 0.05) is 26.2 Å². The summed E-state index contributed by atoms with van der Waals surface area (Å²) in [4.78, 5) is 20.5. The Morgan fingerprint density at radius 3 is 2.66 bits per heavy atom. The molecule has 5 N–H and O–H groups in total. The van der Waals surface area contributed by atoms with Gasteiger partial charge in [-0.25, -0.2) is 0 Å². The van der Waals surface area contributed by atoms with Gasteiger partial charge in [0.2, 0.25) is 0 Å². The van der Waals surface area contributed by atoms with Crippen LogP contribution in [0.4, 0.5) is 0 Å². The van der Waals surface area contributed by atoms with Gasteiger partial charge in [-0.05, 0) is 94.1 Å². The molecule has 3 rings (SSSR count). The number of halogens is 2. The van der Waals surface area contributed by atoms with E-state index >= 15 is 0 Å². The Hall–Kier alpha value is -2.06. The Bertz CT molecular complexity index is 947. The highest BCUT2D eigenvalue weighted by molar-refractivity contribution is 6.45. The van der Waals surface area contributed by atoms with Crippen LogP contribution in [-0.2, 0) is 11.3 Å². The van der Waals surface area contributed by atoms with Gasteiger partial charge in [0.1, 0.15) is 11.5 Å². The van der Waals surface area contributed by atoms with Gasteiger partial charge < -0.3 is 26.6 Å². The first kappa shape index (κ1) is 27.5. The average molecular weight is 522 g/mol. The lowest BCUT2D eigenvalue weighted by Crippen LogP contribution is -2.43. The summed E-state index contributed by atoms with van der Waals surface area (Å²) in [6.45, 7) is 9.60. The Labute approximate surface area is 219 Å². The zero-order valence-corrected chi connectivity index (χ0v) is 22.3. The van der Waals surface area contributed by atoms with E-state index in [1.807, 2.05) is 26.0 Å². The van der Waals surface area contributed by atoms with Crippen molar-refractivity contribution in [3.05, 3.63) is 57.5 Å². The maximum absolute atomic E-state index is 13.1. The summed E-state index contributed by atoms with van der Waals surface area (Å²) in [7, 11) is 0. The lowest BCUT2D eigenvalue weighted by atomic mass is 9.97. The zero-order chi connectivity index (χ0) is 25.2. The van der Waals surface area contributed by atoms with Crippen LogP contribution >= 0.6 is 23.2 Å². The van der Waals surface area contributed by atoms with Crippen LogP contribution in [-0.4, -0.2) is 55.3 Å². The predicted octanol–water partition coefficient (Wildman–Crippen LogP) is 3.83. The molecule has 7 nitrogen and oxygen atoms in total. The van der Waals surface area contributed by atoms with Gasteiger partial charge in [-0.1, -0.05) is 29.3 Å². The number of hydrogen-bond acceptors (Lipinski definition) is 6. The van der Waals surface area contributed by atoms with Crippen molar-refractivity contribution < 1.29 is 4.79 Å². The number of likely N-dealkylation sites (tertiary alicyclic amines) is 1. The van der Waals surface area contributed by atoms with Gasteiger partial charge in [-0.3, -0.25) is 9.79 Å². The normalized spacial score (nSPS) is 21.1. The molecular formula is C26H38Cl2N6O. The molecule has 1 atom stereocenters. The summed E-state index contributed by atoms with van der Waals surface area (Å²) in [5, 5.41) is 10.7. The standard InChI is InChI=1S/C26H38Cl2N6O/c1-3-24(31-16-19-6-7-22(27)23(28)13-19)33-26(35)25(18(2)14-29)32-21-8-11-34(12-9-21)17-20-5-4-10-30-15-20/h3,6-7,13-14,20-21,30-31H,4-5,8-12,15-17,29H2,1-2H3,(H,33,35)/b18-14?,24-3+,32-25?. The summed E-state index contributed by atoms with van der Waals surface area (Å²) in [6.07, 6.45) is 7.73. The molecule has 1 aromatic carbocycles. The van der Waals surface area contributed by atoms with Crippen molar-refractivity contribution >= 4 is 34.8 Å². The molecule has 0 radical (unpaired) electrons. The number of nitrogens with zero attached hydrogens (tertiary/aromatic N) is 2. The fourth-order valence-corrected chi connectivity index (χ4v) is 4.84. The molecule has 2 heterocycles. The Kier molecular flexibility index (Phi) is 10.9. The van der Waals surface area contributed by atoms with Crippen LogP contribution in [0.15, 0.2) is 46.9 Å². The summed E-state index contributed by atoms with van der Waals surface area (Å²) in [6, 6.07) is 5.57. The zero-order valence-electron chi connectivity index (χ0n) is 20.7. The van der Waals surface area contributed by atoms with Gasteiger partial charge in [-0.15, -0.1) is 0 Å². The van der Waals surface area contributed by atoms with Gasteiger partial charge in [-0.2, -0.15) is 0 Å². The lowest BCUT2D eigenvalue weighted by molar-refractivity contribution is -0.114. The lowest BCUT2D eigenvalue weighted by Gasteiger charge is -2.34. The minimum absolute atomic E-state index is 0.115.